The average Bonchev–Trinajstić information content (AvgIpc) is 3.37. The Labute approximate surface area is 372 Å². The molecule has 0 radical (unpaired) electrons. The minimum Gasteiger partial charge on any atom is -0.497 e. The zero-order valence-corrected chi connectivity index (χ0v) is 36.0. The van der Waals surface area contributed by atoms with E-state index in [9.17, 15) is 0 Å². The molecule has 3 fully saturated rings. The van der Waals surface area contributed by atoms with Crippen LogP contribution in [0.2, 0.25) is 0 Å². The minimum absolute atomic E-state index is 0.154. The molecule has 5 heterocycles. The maximum atomic E-state index is 7.46. The molecule has 5 atom stereocenters. The van der Waals surface area contributed by atoms with Crippen LogP contribution in [0.15, 0.2) is 164 Å². The van der Waals surface area contributed by atoms with Gasteiger partial charge in [0.05, 0.1) is 29.4 Å². The highest BCUT2D eigenvalue weighted by Crippen LogP contribution is 2.47. The summed E-state index contributed by atoms with van der Waals surface area (Å²) in [6, 6.07) is 55.8. The van der Waals surface area contributed by atoms with E-state index in [1.165, 1.54) is 34.4 Å². The van der Waals surface area contributed by atoms with Gasteiger partial charge in [-0.25, -0.2) is 0 Å². The molecule has 7 nitrogen and oxygen atoms in total. The van der Waals surface area contributed by atoms with E-state index in [1.807, 2.05) is 30.5 Å². The number of fused-ring (bicyclic) bond motifs is 11. The largest absolute Gasteiger partial charge is 0.497 e. The topological polar surface area (TPSA) is 69.6 Å². The number of piperidine rings is 3. The van der Waals surface area contributed by atoms with Crippen molar-refractivity contribution < 1.29 is 14.2 Å². The number of aromatic nitrogens is 3. The summed E-state index contributed by atoms with van der Waals surface area (Å²) in [5.74, 6) is 3.08. The Bertz CT molecular complexity index is 3290. The molecule has 10 aromatic rings. The second-order valence-corrected chi connectivity index (χ2v) is 17.7. The van der Waals surface area contributed by atoms with Crippen LogP contribution in [0.3, 0.4) is 0 Å². The summed E-state index contributed by atoms with van der Waals surface area (Å²) in [5.41, 5.74) is 4.11. The number of rotatable bonds is 10. The summed E-state index contributed by atoms with van der Waals surface area (Å²) in [5, 5.41) is 22.0. The van der Waals surface area contributed by atoms with E-state index in [-0.39, 0.29) is 12.1 Å². The number of hydrogen-bond donors (Lipinski definition) is 0. The lowest BCUT2D eigenvalue weighted by molar-refractivity contribution is -0.0491. The van der Waals surface area contributed by atoms with Crippen LogP contribution in [0.25, 0.3) is 64.8 Å². The predicted molar refractivity (Wildman–Crippen MR) is 258 cm³/mol. The summed E-state index contributed by atoms with van der Waals surface area (Å²) in [4.78, 5) is 7.42. The van der Waals surface area contributed by atoms with Gasteiger partial charge in [-0.05, 0) is 123 Å². The second kappa shape index (κ2) is 15.9. The van der Waals surface area contributed by atoms with E-state index in [0.717, 1.165) is 85.2 Å². The van der Waals surface area contributed by atoms with Crippen molar-refractivity contribution in [1.82, 2.24) is 20.1 Å². The summed E-state index contributed by atoms with van der Waals surface area (Å²) in [7, 11) is 1.71. The lowest BCUT2D eigenvalue weighted by Gasteiger charge is -2.51. The highest BCUT2D eigenvalue weighted by Gasteiger charge is 2.44. The van der Waals surface area contributed by atoms with Crippen LogP contribution in [0.5, 0.6) is 17.5 Å². The molecule has 0 amide bonds. The van der Waals surface area contributed by atoms with Crippen LogP contribution in [0, 0.1) is 11.8 Å². The highest BCUT2D eigenvalue weighted by molar-refractivity contribution is 6.11. The van der Waals surface area contributed by atoms with Crippen molar-refractivity contribution in [1.29, 1.82) is 0 Å². The van der Waals surface area contributed by atoms with Gasteiger partial charge in [0, 0.05) is 34.8 Å². The zero-order valence-electron chi connectivity index (χ0n) is 36.0. The molecular weight excluding hydrogens is 789 g/mol. The molecule has 2 aromatic heterocycles. The van der Waals surface area contributed by atoms with Gasteiger partial charge in [-0.3, -0.25) is 9.88 Å². The van der Waals surface area contributed by atoms with Gasteiger partial charge < -0.3 is 14.2 Å². The molecule has 3 aliphatic rings. The molecule has 0 aliphatic carbocycles. The van der Waals surface area contributed by atoms with Gasteiger partial charge in [0.25, 0.3) is 0 Å². The smallest absolute Gasteiger partial charge is 0.242 e. The summed E-state index contributed by atoms with van der Waals surface area (Å²) in [6.07, 6.45) is 4.50. The maximum absolute atomic E-state index is 7.46. The standard InChI is InChI=1S/C57H48N4O3/c1-3-35-34-61-29-27-36(35)32-53(61)55(46-26-28-58-52-25-24-39(62-2)33-49(46)52)64-57-48-23-13-12-22-47(48)56(59-60-57)63-54(50-30-37-14-4-6-16-40(37)42-18-8-10-20-44(42)50)51-31-38-15-5-7-17-41(38)43-19-9-11-21-45(43)51/h4-26,28,30-31,33,35-36,53-55H,3,27,29,32,34H2,1-2H3/t35?,36?,53?,55-/m1/s1. The van der Waals surface area contributed by atoms with E-state index < -0.39 is 6.10 Å². The van der Waals surface area contributed by atoms with Gasteiger partial charge in [0.1, 0.15) is 11.9 Å². The van der Waals surface area contributed by atoms with Crippen molar-refractivity contribution in [2.75, 3.05) is 20.2 Å². The van der Waals surface area contributed by atoms with E-state index in [4.69, 9.17) is 29.4 Å². The van der Waals surface area contributed by atoms with E-state index in [2.05, 4.69) is 145 Å². The van der Waals surface area contributed by atoms with Gasteiger partial charge >= 0.3 is 0 Å². The summed E-state index contributed by atoms with van der Waals surface area (Å²) in [6.45, 7) is 4.47. The normalized spacial score (nSPS) is 19.0. The molecule has 3 saturated heterocycles. The first-order valence-electron chi connectivity index (χ1n) is 22.7. The van der Waals surface area contributed by atoms with Gasteiger partial charge in [-0.15, -0.1) is 10.2 Å². The molecule has 64 heavy (non-hydrogen) atoms. The fourth-order valence-electron chi connectivity index (χ4n) is 11.2. The molecule has 3 aliphatic heterocycles. The van der Waals surface area contributed by atoms with E-state index >= 15 is 0 Å². The molecule has 314 valence electrons. The Morgan fingerprint density at radius 3 is 1.72 bits per heavy atom. The van der Waals surface area contributed by atoms with Gasteiger partial charge in [0.2, 0.25) is 11.8 Å². The monoisotopic (exact) mass is 836 g/mol. The SMILES string of the molecule is CCC1CN2CCC1CC2[C@H](Oc1nnc(OC(c2cc3ccccc3c3ccccc23)c2cc3ccccc3c3ccccc23)c2ccccc12)c1ccnc2ccc(OC)cc12. The third kappa shape index (κ3) is 6.48. The first kappa shape index (κ1) is 38.6. The van der Waals surface area contributed by atoms with Gasteiger partial charge in [-0.2, -0.15) is 0 Å². The Morgan fingerprint density at radius 2 is 1.14 bits per heavy atom. The lowest BCUT2D eigenvalue weighted by atomic mass is 9.72. The molecule has 7 heteroatoms. The highest BCUT2D eigenvalue weighted by atomic mass is 16.5. The Kier molecular flexibility index (Phi) is 9.59. The molecule has 2 bridgehead atoms. The quantitative estimate of drug-likeness (QED) is 0.127. The van der Waals surface area contributed by atoms with Crippen LogP contribution < -0.4 is 14.2 Å². The third-order valence-electron chi connectivity index (χ3n) is 14.4. The van der Waals surface area contributed by atoms with Crippen molar-refractivity contribution in [3.8, 4) is 17.5 Å². The van der Waals surface area contributed by atoms with Crippen LogP contribution in [0.1, 0.15) is 55.1 Å². The molecule has 13 rings (SSSR count). The van der Waals surface area contributed by atoms with Crippen molar-refractivity contribution in [3.05, 3.63) is 181 Å². The van der Waals surface area contributed by atoms with Crippen LogP contribution in [0.4, 0.5) is 0 Å². The Hall–Kier alpha value is -7.09. The van der Waals surface area contributed by atoms with Crippen molar-refractivity contribution in [2.24, 2.45) is 11.8 Å². The van der Waals surface area contributed by atoms with Gasteiger partial charge in [0.15, 0.2) is 6.10 Å². The number of methoxy groups -OCH3 is 1. The third-order valence-corrected chi connectivity index (χ3v) is 14.4. The number of hydrogen-bond acceptors (Lipinski definition) is 7. The van der Waals surface area contributed by atoms with Crippen LogP contribution in [-0.2, 0) is 0 Å². The average molecular weight is 837 g/mol. The van der Waals surface area contributed by atoms with Gasteiger partial charge in [-0.1, -0.05) is 123 Å². The van der Waals surface area contributed by atoms with E-state index in [0.29, 0.717) is 23.6 Å². The van der Waals surface area contributed by atoms with Crippen molar-refractivity contribution in [3.63, 3.8) is 0 Å². The fraction of sp³-hybridized carbons (Fsp3) is 0.211. The minimum atomic E-state index is -0.545. The second-order valence-electron chi connectivity index (χ2n) is 17.7. The first-order valence-corrected chi connectivity index (χ1v) is 22.7. The zero-order chi connectivity index (χ0) is 42.7. The Balaban J connectivity index is 1.03. The molecule has 0 spiro atoms. The lowest BCUT2D eigenvalue weighted by Crippen LogP contribution is -2.56. The Morgan fingerprint density at radius 1 is 0.578 bits per heavy atom. The number of pyridine rings is 1. The van der Waals surface area contributed by atoms with Crippen LogP contribution >= 0.6 is 0 Å². The number of benzene rings is 8. The molecule has 0 saturated carbocycles. The summed E-state index contributed by atoms with van der Waals surface area (Å²) >= 11 is 0. The number of nitrogens with zero attached hydrogens (tertiary/aromatic N) is 4. The molecule has 4 unspecified atom stereocenters. The van der Waals surface area contributed by atoms with Crippen molar-refractivity contribution >= 4 is 64.8 Å². The first-order chi connectivity index (χ1) is 31.6. The fourth-order valence-corrected chi connectivity index (χ4v) is 11.2. The van der Waals surface area contributed by atoms with Crippen LogP contribution in [-0.4, -0.2) is 46.3 Å². The predicted octanol–water partition coefficient (Wildman–Crippen LogP) is 13.2. The molecular formula is C57H48N4O3. The molecule has 8 aromatic carbocycles. The number of ether oxygens (including phenoxy) is 3. The summed E-state index contributed by atoms with van der Waals surface area (Å²) < 4.78 is 20.6. The van der Waals surface area contributed by atoms with E-state index in [1.54, 1.807) is 7.11 Å². The maximum Gasteiger partial charge on any atom is 0.242 e. The van der Waals surface area contributed by atoms with Crippen molar-refractivity contribution in [2.45, 2.75) is 44.4 Å². The molecule has 0 N–H and O–H groups in total.